The summed E-state index contributed by atoms with van der Waals surface area (Å²) in [6, 6.07) is 159. The number of hydrogen-bond donors (Lipinski definition) is 0. The maximum absolute atomic E-state index is 2.38. The quantitative estimate of drug-likeness (QED) is 0.128. The molecule has 0 saturated carbocycles. The summed E-state index contributed by atoms with van der Waals surface area (Å²) in [7, 11) is 0. The van der Waals surface area contributed by atoms with Gasteiger partial charge in [0.05, 0.1) is 33.1 Å². The fraction of sp³-hybridized carbons (Fsp3) is 0.0256. The maximum atomic E-state index is 2.38. The fourth-order valence-electron chi connectivity index (χ4n) is 19.6. The maximum Gasteiger partial charge on any atom is 0.0541 e. The Kier molecular flexibility index (Phi) is 17.6. The van der Waals surface area contributed by atoms with E-state index in [1.807, 2.05) is 0 Å². The highest BCUT2D eigenvalue weighted by Crippen LogP contribution is 2.49. The lowest BCUT2D eigenvalue weighted by Gasteiger charge is -2.18. The van der Waals surface area contributed by atoms with Crippen molar-refractivity contribution in [2.75, 3.05) is 0 Å². The van der Waals surface area contributed by atoms with Crippen molar-refractivity contribution < 1.29 is 0 Å². The van der Waals surface area contributed by atoms with Crippen LogP contribution >= 0.6 is 0 Å². The van der Waals surface area contributed by atoms with Gasteiger partial charge in [0, 0.05) is 49.4 Å². The Balaban J connectivity index is 0.000000108. The molecule has 0 unspecified atom stereocenters. The first kappa shape index (κ1) is 71.1. The highest BCUT2D eigenvalue weighted by Gasteiger charge is 2.23. The minimum atomic E-state index is 1.17. The van der Waals surface area contributed by atoms with E-state index in [-0.39, 0.29) is 0 Å². The van der Waals surface area contributed by atoms with Gasteiger partial charge in [0.15, 0.2) is 0 Å². The number of aryl methyl sites for hydroxylation is 3. The zero-order valence-corrected chi connectivity index (χ0v) is 66.9. The van der Waals surface area contributed by atoms with Crippen LogP contribution in [0.4, 0.5) is 0 Å². The molecule has 0 aliphatic carbocycles. The molecule has 0 radical (unpaired) electrons. The Morgan fingerprint density at radius 2 is 0.292 bits per heavy atom. The molecule has 0 amide bonds. The molecule has 120 heavy (non-hydrogen) atoms. The highest BCUT2D eigenvalue weighted by molar-refractivity contribution is 6.25. The van der Waals surface area contributed by atoms with Crippen molar-refractivity contribution in [3.05, 3.63) is 453 Å². The lowest BCUT2D eigenvalue weighted by atomic mass is 9.85. The second kappa shape index (κ2) is 29.7. The molecule has 3 heteroatoms. The number of para-hydroxylation sites is 6. The third-order valence-corrected chi connectivity index (χ3v) is 24.7. The van der Waals surface area contributed by atoms with E-state index in [4.69, 9.17) is 0 Å². The standard InChI is InChI=1S/C40H29N.C39H27N.C38H25N/c1-26-23-27(2)25-29(24-26)40-35-15-5-3-13-33(35)39(34-14-4-6-16-36(34)40)28-19-21-30(22-20-28)41-37-17-9-7-11-31(37)32-12-8-10-18-38(32)41;1-26-18-20-27(21-19-26)38-32-12-2-4-14-34(32)39(35-15-5-3-13-33(35)38)28-22-24-29(25-23-28)40-36-16-8-6-10-30(36)31-11-7-9-17-37(31)40;1-2-12-26(13-3-1)37-31-16-4-6-18-33(31)38(34-19-7-5-17-32(34)37)27-22-24-28(25-23-27)39-35-20-10-8-14-29(35)30-15-9-11-21-36(30)39/h3-25H,1-2H3;2-25H,1H3;1-25H. The Morgan fingerprint density at radius 3 is 0.508 bits per heavy atom. The summed E-state index contributed by atoms with van der Waals surface area (Å²) in [5, 5.41) is 23.1. The number of fused-ring (bicyclic) bond motifs is 15. The van der Waals surface area contributed by atoms with E-state index >= 15 is 0 Å². The van der Waals surface area contributed by atoms with Crippen molar-refractivity contribution in [1.29, 1.82) is 0 Å². The van der Waals surface area contributed by atoms with E-state index in [1.165, 1.54) is 231 Å². The second-order valence-electron chi connectivity index (χ2n) is 31.9. The Labute approximate surface area is 697 Å². The normalized spacial score (nSPS) is 11.6. The van der Waals surface area contributed by atoms with E-state index in [9.17, 15) is 0 Å². The van der Waals surface area contributed by atoms with Gasteiger partial charge < -0.3 is 13.7 Å². The Bertz CT molecular complexity index is 7790. The molecule has 3 aromatic heterocycles. The predicted molar refractivity (Wildman–Crippen MR) is 514 cm³/mol. The lowest BCUT2D eigenvalue weighted by Crippen LogP contribution is -1.94. The first-order valence-corrected chi connectivity index (χ1v) is 41.6. The number of nitrogens with zero attached hydrogens (tertiary/aromatic N) is 3. The Hall–Kier alpha value is -15.4. The molecule has 564 valence electrons. The molecule has 21 aromatic carbocycles. The second-order valence-corrected chi connectivity index (χ2v) is 31.9. The van der Waals surface area contributed by atoms with E-state index in [0.29, 0.717) is 0 Å². The molecule has 3 heterocycles. The summed E-state index contributed by atoms with van der Waals surface area (Å²) < 4.78 is 7.14. The summed E-state index contributed by atoms with van der Waals surface area (Å²) in [5.74, 6) is 0. The van der Waals surface area contributed by atoms with E-state index in [0.717, 1.165) is 0 Å². The van der Waals surface area contributed by atoms with Crippen LogP contribution < -0.4 is 0 Å². The molecule has 0 N–H and O–H groups in total. The smallest absolute Gasteiger partial charge is 0.0541 e. The van der Waals surface area contributed by atoms with Gasteiger partial charge in [-0.2, -0.15) is 0 Å². The summed E-state index contributed by atoms with van der Waals surface area (Å²) in [5.41, 5.74) is 30.0. The largest absolute Gasteiger partial charge is 0.309 e. The number of hydrogen-bond acceptors (Lipinski definition) is 0. The average molecular weight is 1530 g/mol. The van der Waals surface area contributed by atoms with Crippen LogP contribution in [-0.4, -0.2) is 13.7 Å². The van der Waals surface area contributed by atoms with Gasteiger partial charge in [-0.1, -0.05) is 381 Å². The number of rotatable bonds is 9. The van der Waals surface area contributed by atoms with Crippen LogP contribution in [0.2, 0.25) is 0 Å². The summed E-state index contributed by atoms with van der Waals surface area (Å²) >= 11 is 0. The van der Waals surface area contributed by atoms with Crippen molar-refractivity contribution in [3.8, 4) is 83.8 Å². The van der Waals surface area contributed by atoms with Crippen LogP contribution in [0.1, 0.15) is 16.7 Å². The van der Waals surface area contributed by atoms with Crippen molar-refractivity contribution in [1.82, 2.24) is 13.7 Å². The molecule has 24 aromatic rings. The van der Waals surface area contributed by atoms with Gasteiger partial charge in [-0.3, -0.25) is 0 Å². The van der Waals surface area contributed by atoms with Gasteiger partial charge in [0.2, 0.25) is 0 Å². The van der Waals surface area contributed by atoms with Gasteiger partial charge in [0.25, 0.3) is 0 Å². The third-order valence-electron chi connectivity index (χ3n) is 24.7. The summed E-state index contributed by atoms with van der Waals surface area (Å²) in [6.07, 6.45) is 0. The van der Waals surface area contributed by atoms with Gasteiger partial charge in [0.1, 0.15) is 0 Å². The number of aromatic nitrogens is 3. The van der Waals surface area contributed by atoms with Crippen LogP contribution in [0, 0.1) is 20.8 Å². The van der Waals surface area contributed by atoms with Crippen LogP contribution in [0.15, 0.2) is 437 Å². The first-order valence-electron chi connectivity index (χ1n) is 41.6. The monoisotopic (exact) mass is 1530 g/mol. The topological polar surface area (TPSA) is 14.8 Å². The fourth-order valence-corrected chi connectivity index (χ4v) is 19.6. The number of benzene rings is 21. The van der Waals surface area contributed by atoms with Crippen LogP contribution in [0.25, 0.3) is 214 Å². The Morgan fingerprint density at radius 1 is 0.125 bits per heavy atom. The molecule has 0 bridgehead atoms. The average Bonchev–Trinajstić information content (AvgIpc) is 1.22. The SMILES string of the molecule is Cc1cc(C)cc(-c2c3ccccc3c(-c3ccc(-n4c5ccccc5c5ccccc54)cc3)c3ccccc23)c1.Cc1ccc(-c2c3ccccc3c(-c3ccc(-n4c5ccccc5c5ccccc54)cc3)c3ccccc23)cc1.c1ccc(-c2c3ccccc3c(-c3ccc(-n4c5ccccc5c5ccccc54)cc3)c3ccccc23)cc1. The van der Waals surface area contributed by atoms with E-state index in [1.54, 1.807) is 0 Å². The first-order chi connectivity index (χ1) is 59.3. The van der Waals surface area contributed by atoms with Crippen LogP contribution in [0.5, 0.6) is 0 Å². The van der Waals surface area contributed by atoms with Gasteiger partial charge in [-0.15, -0.1) is 0 Å². The minimum Gasteiger partial charge on any atom is -0.309 e. The molecule has 0 fully saturated rings. The van der Waals surface area contributed by atoms with E-state index < -0.39 is 0 Å². The molecular formula is C117H81N3. The van der Waals surface area contributed by atoms with E-state index in [2.05, 4.69) is 471 Å². The van der Waals surface area contributed by atoms with Crippen LogP contribution in [-0.2, 0) is 0 Å². The minimum absolute atomic E-state index is 1.17. The van der Waals surface area contributed by atoms with Crippen molar-refractivity contribution >= 4 is 130 Å². The summed E-state index contributed by atoms with van der Waals surface area (Å²) in [4.78, 5) is 0. The highest BCUT2D eigenvalue weighted by atomic mass is 15.0. The molecule has 0 aliphatic heterocycles. The molecular weight excluding hydrogens is 1450 g/mol. The molecule has 3 nitrogen and oxygen atoms in total. The van der Waals surface area contributed by atoms with Gasteiger partial charge in [-0.05, 0) is 225 Å². The van der Waals surface area contributed by atoms with Crippen molar-refractivity contribution in [2.24, 2.45) is 0 Å². The third kappa shape index (κ3) is 12.0. The van der Waals surface area contributed by atoms with Crippen molar-refractivity contribution in [2.45, 2.75) is 20.8 Å². The lowest BCUT2D eigenvalue weighted by molar-refractivity contribution is 1.18. The predicted octanol–water partition coefficient (Wildman–Crippen LogP) is 32.2. The van der Waals surface area contributed by atoms with Crippen LogP contribution in [0.3, 0.4) is 0 Å². The molecule has 0 saturated heterocycles. The van der Waals surface area contributed by atoms with Gasteiger partial charge in [-0.25, -0.2) is 0 Å². The van der Waals surface area contributed by atoms with Gasteiger partial charge >= 0.3 is 0 Å². The molecule has 0 atom stereocenters. The van der Waals surface area contributed by atoms with Crippen molar-refractivity contribution in [3.63, 3.8) is 0 Å². The zero-order valence-electron chi connectivity index (χ0n) is 66.9. The molecule has 0 aliphatic rings. The summed E-state index contributed by atoms with van der Waals surface area (Å²) in [6.45, 7) is 6.52. The molecule has 0 spiro atoms. The molecule has 24 rings (SSSR count). The zero-order chi connectivity index (χ0) is 79.9.